The van der Waals surface area contributed by atoms with Crippen molar-refractivity contribution in [3.05, 3.63) is 23.5 Å². The topological polar surface area (TPSA) is 26.2 Å². The highest BCUT2D eigenvalue weighted by Crippen LogP contribution is 2.30. The Morgan fingerprint density at radius 1 is 1.39 bits per heavy atom. The van der Waals surface area contributed by atoms with Crippen LogP contribution in [0.4, 0.5) is 0 Å². The number of aryl methyl sites for hydroxylation is 2. The third kappa shape index (κ3) is 3.36. The number of fused-ring (bicyclic) bond motifs is 1. The maximum absolute atomic E-state index is 5.39. The van der Waals surface area contributed by atoms with E-state index < -0.39 is 0 Å². The maximum Gasteiger partial charge on any atom is 0.0482 e. The number of aromatic nitrogens is 1. The fraction of sp³-hybridized carbons (Fsp3) is 0.733. The maximum atomic E-state index is 5.39. The zero-order valence-corrected chi connectivity index (χ0v) is 11.7. The number of nitrogens with zero attached hydrogens (tertiary/aromatic N) is 1. The minimum absolute atomic E-state index is 0.576. The van der Waals surface area contributed by atoms with Gasteiger partial charge in [-0.05, 0) is 50.3 Å². The monoisotopic (exact) mass is 250 g/mol. The molecule has 18 heavy (non-hydrogen) atoms. The zero-order chi connectivity index (χ0) is 12.8. The first-order chi connectivity index (χ1) is 8.85. The van der Waals surface area contributed by atoms with E-state index >= 15 is 0 Å². The highest BCUT2D eigenvalue weighted by atomic mass is 16.5. The Balaban J connectivity index is 1.94. The average Bonchev–Trinajstić information content (AvgIpc) is 2.79. The van der Waals surface area contributed by atoms with Gasteiger partial charge in [-0.15, -0.1) is 0 Å². The number of ether oxygens (including phenoxy) is 1. The third-order valence-electron chi connectivity index (χ3n) is 3.67. The summed E-state index contributed by atoms with van der Waals surface area (Å²) in [5.41, 5.74) is 3.07. The Bertz CT molecular complexity index is 359. The molecule has 1 N–H and O–H groups in total. The van der Waals surface area contributed by atoms with Crippen LogP contribution < -0.4 is 5.32 Å². The standard InChI is InChI=1S/C15H26N2O/c1-3-16-15-8-5-7-13-11-17(12-14(13)15)9-6-10-18-4-2/h11-12,15-16H,3-10H2,1-2H3. The molecular formula is C15H26N2O. The average molecular weight is 250 g/mol. The first-order valence-electron chi connectivity index (χ1n) is 7.34. The van der Waals surface area contributed by atoms with E-state index in [1.54, 1.807) is 5.56 Å². The largest absolute Gasteiger partial charge is 0.382 e. The summed E-state index contributed by atoms with van der Waals surface area (Å²) in [7, 11) is 0. The summed E-state index contributed by atoms with van der Waals surface area (Å²) in [6, 6.07) is 0.576. The van der Waals surface area contributed by atoms with Crippen LogP contribution in [0.1, 0.15) is 50.3 Å². The lowest BCUT2D eigenvalue weighted by Crippen LogP contribution is -2.23. The van der Waals surface area contributed by atoms with Crippen LogP contribution in [-0.2, 0) is 17.7 Å². The van der Waals surface area contributed by atoms with Gasteiger partial charge >= 0.3 is 0 Å². The summed E-state index contributed by atoms with van der Waals surface area (Å²) in [4.78, 5) is 0. The van der Waals surface area contributed by atoms with Crippen molar-refractivity contribution >= 4 is 0 Å². The van der Waals surface area contributed by atoms with Crippen molar-refractivity contribution in [2.24, 2.45) is 0 Å². The number of hydrogen-bond acceptors (Lipinski definition) is 2. The molecule has 2 rings (SSSR count). The Kier molecular flexibility index (Phi) is 5.26. The summed E-state index contributed by atoms with van der Waals surface area (Å²) in [6.45, 7) is 8.06. The molecule has 0 aromatic carbocycles. The van der Waals surface area contributed by atoms with E-state index in [1.165, 1.54) is 24.8 Å². The molecule has 0 amide bonds. The summed E-state index contributed by atoms with van der Waals surface area (Å²) in [5, 5.41) is 3.59. The van der Waals surface area contributed by atoms with Crippen molar-refractivity contribution < 1.29 is 4.74 Å². The predicted molar refractivity (Wildman–Crippen MR) is 74.9 cm³/mol. The lowest BCUT2D eigenvalue weighted by atomic mass is 9.91. The molecule has 1 aliphatic carbocycles. The molecule has 1 heterocycles. The van der Waals surface area contributed by atoms with Crippen molar-refractivity contribution in [1.29, 1.82) is 0 Å². The van der Waals surface area contributed by atoms with E-state index in [9.17, 15) is 0 Å². The molecule has 0 radical (unpaired) electrons. The second-order valence-corrected chi connectivity index (χ2v) is 5.03. The van der Waals surface area contributed by atoms with Gasteiger partial charge in [0.15, 0.2) is 0 Å². The number of hydrogen-bond donors (Lipinski definition) is 1. The Morgan fingerprint density at radius 2 is 2.28 bits per heavy atom. The van der Waals surface area contributed by atoms with E-state index in [2.05, 4.69) is 36.1 Å². The second kappa shape index (κ2) is 6.95. The van der Waals surface area contributed by atoms with Crippen LogP contribution in [0.15, 0.2) is 12.4 Å². The minimum Gasteiger partial charge on any atom is -0.382 e. The number of rotatable bonds is 7. The van der Waals surface area contributed by atoms with E-state index in [0.717, 1.165) is 32.7 Å². The minimum atomic E-state index is 0.576. The first-order valence-corrected chi connectivity index (χ1v) is 7.34. The van der Waals surface area contributed by atoms with Gasteiger partial charge in [-0.2, -0.15) is 0 Å². The molecule has 1 unspecified atom stereocenters. The van der Waals surface area contributed by atoms with E-state index in [-0.39, 0.29) is 0 Å². The fourth-order valence-electron chi connectivity index (χ4n) is 2.83. The molecular weight excluding hydrogens is 224 g/mol. The Hall–Kier alpha value is -0.800. The molecule has 1 aromatic heterocycles. The van der Waals surface area contributed by atoms with Crippen molar-refractivity contribution in [1.82, 2.24) is 9.88 Å². The molecule has 0 spiro atoms. The van der Waals surface area contributed by atoms with E-state index in [1.807, 2.05) is 0 Å². The van der Waals surface area contributed by atoms with Gasteiger partial charge in [-0.1, -0.05) is 6.92 Å². The molecule has 1 aromatic rings. The SMILES string of the molecule is CCNC1CCCc2cn(CCCOCC)cc21. The smallest absolute Gasteiger partial charge is 0.0482 e. The van der Waals surface area contributed by atoms with E-state index in [4.69, 9.17) is 4.74 Å². The van der Waals surface area contributed by atoms with Crippen LogP contribution in [0.5, 0.6) is 0 Å². The molecule has 1 aliphatic rings. The highest BCUT2D eigenvalue weighted by Gasteiger charge is 2.20. The summed E-state index contributed by atoms with van der Waals surface area (Å²) in [6.07, 6.45) is 9.62. The van der Waals surface area contributed by atoms with Crippen molar-refractivity contribution in [2.75, 3.05) is 19.8 Å². The molecule has 0 fully saturated rings. The lowest BCUT2D eigenvalue weighted by molar-refractivity contribution is 0.141. The van der Waals surface area contributed by atoms with Gasteiger partial charge in [0.1, 0.15) is 0 Å². The fourth-order valence-corrected chi connectivity index (χ4v) is 2.83. The van der Waals surface area contributed by atoms with Gasteiger partial charge in [-0.25, -0.2) is 0 Å². The first kappa shape index (κ1) is 13.6. The molecule has 0 saturated carbocycles. The van der Waals surface area contributed by atoms with Crippen LogP contribution in [0.3, 0.4) is 0 Å². The molecule has 102 valence electrons. The quantitative estimate of drug-likeness (QED) is 0.753. The van der Waals surface area contributed by atoms with Crippen LogP contribution in [0, 0.1) is 0 Å². The summed E-state index contributed by atoms with van der Waals surface area (Å²) >= 11 is 0. The zero-order valence-electron chi connectivity index (χ0n) is 11.7. The van der Waals surface area contributed by atoms with Crippen molar-refractivity contribution in [2.45, 2.75) is 52.1 Å². The van der Waals surface area contributed by atoms with Crippen LogP contribution in [-0.4, -0.2) is 24.3 Å². The normalized spacial score (nSPS) is 18.9. The third-order valence-corrected chi connectivity index (χ3v) is 3.67. The van der Waals surface area contributed by atoms with Gasteiger partial charge in [-0.3, -0.25) is 0 Å². The van der Waals surface area contributed by atoms with Crippen LogP contribution >= 0.6 is 0 Å². The Labute approximate surface area is 111 Å². The molecule has 1 atom stereocenters. The highest BCUT2D eigenvalue weighted by molar-refractivity contribution is 5.30. The van der Waals surface area contributed by atoms with Gasteiger partial charge in [0.25, 0.3) is 0 Å². The lowest BCUT2D eigenvalue weighted by Gasteiger charge is -2.22. The molecule has 0 bridgehead atoms. The molecule has 3 nitrogen and oxygen atoms in total. The van der Waals surface area contributed by atoms with Gasteiger partial charge in [0.05, 0.1) is 0 Å². The molecule has 0 saturated heterocycles. The second-order valence-electron chi connectivity index (χ2n) is 5.03. The van der Waals surface area contributed by atoms with Gasteiger partial charge in [0.2, 0.25) is 0 Å². The van der Waals surface area contributed by atoms with Crippen molar-refractivity contribution in [3.8, 4) is 0 Å². The molecule has 0 aliphatic heterocycles. The Morgan fingerprint density at radius 3 is 3.06 bits per heavy atom. The molecule has 3 heteroatoms. The van der Waals surface area contributed by atoms with Gasteiger partial charge < -0.3 is 14.6 Å². The van der Waals surface area contributed by atoms with Gasteiger partial charge in [0, 0.05) is 38.2 Å². The van der Waals surface area contributed by atoms with Crippen LogP contribution in [0.2, 0.25) is 0 Å². The summed E-state index contributed by atoms with van der Waals surface area (Å²) in [5.74, 6) is 0. The predicted octanol–water partition coefficient (Wildman–Crippen LogP) is 2.90. The van der Waals surface area contributed by atoms with Crippen molar-refractivity contribution in [3.63, 3.8) is 0 Å². The van der Waals surface area contributed by atoms with E-state index in [0.29, 0.717) is 6.04 Å². The summed E-state index contributed by atoms with van der Waals surface area (Å²) < 4.78 is 7.74. The van der Waals surface area contributed by atoms with Crippen LogP contribution in [0.25, 0.3) is 0 Å². The number of nitrogens with one attached hydrogen (secondary N) is 1.